The number of likely N-dealkylation sites (N-methyl/N-ethyl adjacent to an activating group) is 1. The maximum Gasteiger partial charge on any atom is 0.123 e. The van der Waals surface area contributed by atoms with Gasteiger partial charge in [0.2, 0.25) is 0 Å². The summed E-state index contributed by atoms with van der Waals surface area (Å²) in [4.78, 5) is 2.29. The fourth-order valence-corrected chi connectivity index (χ4v) is 2.34. The normalized spacial score (nSPS) is 26.9. The van der Waals surface area contributed by atoms with E-state index in [2.05, 4.69) is 24.1 Å². The first-order valence-electron chi connectivity index (χ1n) is 5.31. The van der Waals surface area contributed by atoms with Crippen LogP contribution in [0.1, 0.15) is 18.0 Å². The van der Waals surface area contributed by atoms with Gasteiger partial charge in [-0.05, 0) is 19.5 Å². The lowest BCUT2D eigenvalue weighted by molar-refractivity contribution is 0.305. The third kappa shape index (κ3) is 1.98. The largest absolute Gasteiger partial charge is 0.496 e. The number of para-hydroxylation sites is 1. The van der Waals surface area contributed by atoms with Crippen molar-refractivity contribution < 1.29 is 4.74 Å². The number of ether oxygens (including phenoxy) is 1. The number of likely N-dealkylation sites (tertiary alicyclic amines) is 1. The molecule has 1 aliphatic rings. The summed E-state index contributed by atoms with van der Waals surface area (Å²) in [5.41, 5.74) is 7.21. The van der Waals surface area contributed by atoms with Gasteiger partial charge in [-0.3, -0.25) is 4.90 Å². The van der Waals surface area contributed by atoms with Gasteiger partial charge in [0.1, 0.15) is 5.75 Å². The first-order chi connectivity index (χ1) is 7.22. The van der Waals surface area contributed by atoms with Gasteiger partial charge in [0, 0.05) is 24.2 Å². The molecular formula is C12H18N2O. The molecule has 15 heavy (non-hydrogen) atoms. The molecule has 3 nitrogen and oxygen atoms in total. The summed E-state index contributed by atoms with van der Waals surface area (Å²) >= 11 is 0. The predicted molar refractivity (Wildman–Crippen MR) is 61.0 cm³/mol. The summed E-state index contributed by atoms with van der Waals surface area (Å²) in [5.74, 6) is 0.962. The van der Waals surface area contributed by atoms with E-state index in [1.807, 2.05) is 12.1 Å². The van der Waals surface area contributed by atoms with Crippen LogP contribution in [0, 0.1) is 0 Å². The van der Waals surface area contributed by atoms with Crippen LogP contribution < -0.4 is 10.5 Å². The Hall–Kier alpha value is -1.06. The molecule has 0 aromatic heterocycles. The van der Waals surface area contributed by atoms with Crippen molar-refractivity contribution in [3.63, 3.8) is 0 Å². The maximum absolute atomic E-state index is 5.96. The minimum atomic E-state index is 0.282. The van der Waals surface area contributed by atoms with Gasteiger partial charge in [-0.1, -0.05) is 18.2 Å². The van der Waals surface area contributed by atoms with Gasteiger partial charge in [-0.2, -0.15) is 0 Å². The van der Waals surface area contributed by atoms with Crippen molar-refractivity contribution >= 4 is 0 Å². The molecule has 0 spiro atoms. The topological polar surface area (TPSA) is 38.5 Å². The van der Waals surface area contributed by atoms with Crippen molar-refractivity contribution in [2.45, 2.75) is 18.5 Å². The number of benzene rings is 1. The van der Waals surface area contributed by atoms with E-state index in [0.717, 1.165) is 18.7 Å². The number of methoxy groups -OCH3 is 1. The van der Waals surface area contributed by atoms with Gasteiger partial charge in [-0.25, -0.2) is 0 Å². The molecule has 0 aliphatic carbocycles. The molecule has 2 atom stereocenters. The molecular weight excluding hydrogens is 188 g/mol. The smallest absolute Gasteiger partial charge is 0.123 e. The first kappa shape index (κ1) is 10.5. The molecule has 1 aliphatic heterocycles. The highest BCUT2D eigenvalue weighted by atomic mass is 16.5. The molecule has 0 bridgehead atoms. The monoisotopic (exact) mass is 206 g/mol. The van der Waals surface area contributed by atoms with Gasteiger partial charge in [0.25, 0.3) is 0 Å². The van der Waals surface area contributed by atoms with Crippen LogP contribution in [-0.2, 0) is 0 Å². The SMILES string of the molecule is COc1ccccc1C1CC(N)CN1C. The van der Waals surface area contributed by atoms with E-state index >= 15 is 0 Å². The highest BCUT2D eigenvalue weighted by molar-refractivity contribution is 5.36. The Morgan fingerprint density at radius 1 is 1.40 bits per heavy atom. The minimum Gasteiger partial charge on any atom is -0.496 e. The summed E-state index contributed by atoms with van der Waals surface area (Å²) in [7, 11) is 3.83. The molecule has 1 heterocycles. The van der Waals surface area contributed by atoms with Crippen LogP contribution in [0.2, 0.25) is 0 Å². The summed E-state index contributed by atoms with van der Waals surface area (Å²) < 4.78 is 5.37. The van der Waals surface area contributed by atoms with Gasteiger partial charge in [0.05, 0.1) is 7.11 Å². The average molecular weight is 206 g/mol. The first-order valence-corrected chi connectivity index (χ1v) is 5.31. The van der Waals surface area contributed by atoms with E-state index < -0.39 is 0 Å². The Balaban J connectivity index is 2.29. The zero-order valence-corrected chi connectivity index (χ0v) is 9.31. The molecule has 1 aromatic carbocycles. The molecule has 1 saturated heterocycles. The van der Waals surface area contributed by atoms with Crippen LogP contribution >= 0.6 is 0 Å². The van der Waals surface area contributed by atoms with Crippen molar-refractivity contribution in [3.05, 3.63) is 29.8 Å². The lowest BCUT2D eigenvalue weighted by Crippen LogP contribution is -2.24. The molecule has 1 fully saturated rings. The van der Waals surface area contributed by atoms with Crippen molar-refractivity contribution in [2.75, 3.05) is 20.7 Å². The van der Waals surface area contributed by atoms with Crippen molar-refractivity contribution in [1.82, 2.24) is 4.90 Å². The number of nitrogens with two attached hydrogens (primary N) is 1. The second-order valence-electron chi connectivity index (χ2n) is 4.19. The van der Waals surface area contributed by atoms with E-state index in [4.69, 9.17) is 10.5 Å². The summed E-state index contributed by atoms with van der Waals surface area (Å²) in [6, 6.07) is 8.86. The predicted octanol–water partition coefficient (Wildman–Crippen LogP) is 1.40. The molecule has 2 rings (SSSR count). The van der Waals surface area contributed by atoms with E-state index in [1.54, 1.807) is 7.11 Å². The molecule has 2 N–H and O–H groups in total. The molecule has 0 saturated carbocycles. The average Bonchev–Trinajstić information content (AvgIpc) is 2.57. The molecule has 2 unspecified atom stereocenters. The van der Waals surface area contributed by atoms with Gasteiger partial charge < -0.3 is 10.5 Å². The standard InChI is InChI=1S/C12H18N2O/c1-14-8-9(13)7-11(14)10-5-3-4-6-12(10)15-2/h3-6,9,11H,7-8,13H2,1-2H3. The lowest BCUT2D eigenvalue weighted by atomic mass is 10.0. The molecule has 0 amide bonds. The van der Waals surface area contributed by atoms with Crippen molar-refractivity contribution in [2.24, 2.45) is 5.73 Å². The second kappa shape index (κ2) is 4.21. The van der Waals surface area contributed by atoms with Crippen molar-refractivity contribution in [1.29, 1.82) is 0 Å². The Morgan fingerprint density at radius 3 is 2.73 bits per heavy atom. The number of hydrogen-bond donors (Lipinski definition) is 1. The lowest BCUT2D eigenvalue weighted by Gasteiger charge is -2.21. The highest BCUT2D eigenvalue weighted by Gasteiger charge is 2.29. The summed E-state index contributed by atoms with van der Waals surface area (Å²) in [6.45, 7) is 0.961. The number of rotatable bonds is 2. The summed E-state index contributed by atoms with van der Waals surface area (Å²) in [6.07, 6.45) is 1.01. The quantitative estimate of drug-likeness (QED) is 0.795. The van der Waals surface area contributed by atoms with E-state index in [-0.39, 0.29) is 6.04 Å². The van der Waals surface area contributed by atoms with E-state index in [9.17, 15) is 0 Å². The zero-order chi connectivity index (χ0) is 10.8. The van der Waals surface area contributed by atoms with E-state index in [1.165, 1.54) is 5.56 Å². The second-order valence-corrected chi connectivity index (χ2v) is 4.19. The van der Waals surface area contributed by atoms with Gasteiger partial charge >= 0.3 is 0 Å². The van der Waals surface area contributed by atoms with Crippen LogP contribution in [0.5, 0.6) is 5.75 Å². The number of hydrogen-bond acceptors (Lipinski definition) is 3. The van der Waals surface area contributed by atoms with Crippen LogP contribution in [0.15, 0.2) is 24.3 Å². The minimum absolute atomic E-state index is 0.282. The highest BCUT2D eigenvalue weighted by Crippen LogP contribution is 2.35. The Bertz CT molecular complexity index is 340. The third-order valence-electron chi connectivity index (χ3n) is 3.08. The van der Waals surface area contributed by atoms with Gasteiger partial charge in [-0.15, -0.1) is 0 Å². The Kier molecular flexibility index (Phi) is 2.93. The molecule has 1 aromatic rings. The Morgan fingerprint density at radius 2 is 2.13 bits per heavy atom. The molecule has 0 radical (unpaired) electrons. The van der Waals surface area contributed by atoms with Crippen LogP contribution in [0.3, 0.4) is 0 Å². The van der Waals surface area contributed by atoms with Crippen LogP contribution in [0.4, 0.5) is 0 Å². The number of nitrogens with zero attached hydrogens (tertiary/aromatic N) is 1. The molecule has 3 heteroatoms. The zero-order valence-electron chi connectivity index (χ0n) is 9.31. The van der Waals surface area contributed by atoms with Crippen LogP contribution in [-0.4, -0.2) is 31.6 Å². The van der Waals surface area contributed by atoms with E-state index in [0.29, 0.717) is 6.04 Å². The van der Waals surface area contributed by atoms with Crippen molar-refractivity contribution in [3.8, 4) is 5.75 Å². The summed E-state index contributed by atoms with van der Waals surface area (Å²) in [5, 5.41) is 0. The van der Waals surface area contributed by atoms with Gasteiger partial charge in [0.15, 0.2) is 0 Å². The van der Waals surface area contributed by atoms with Crippen LogP contribution in [0.25, 0.3) is 0 Å². The fraction of sp³-hybridized carbons (Fsp3) is 0.500. The third-order valence-corrected chi connectivity index (χ3v) is 3.08. The fourth-order valence-electron chi connectivity index (χ4n) is 2.34. The maximum atomic E-state index is 5.96. The Labute approximate surface area is 90.8 Å². The molecule has 82 valence electrons.